The summed E-state index contributed by atoms with van der Waals surface area (Å²) in [6.07, 6.45) is 0. The molecule has 4 heteroatoms. The zero-order valence-corrected chi connectivity index (χ0v) is 12.7. The predicted molar refractivity (Wildman–Crippen MR) is 87.2 cm³/mol. The first kappa shape index (κ1) is 16.5. The quantitative estimate of drug-likeness (QED) is 0.712. The third-order valence-electron chi connectivity index (χ3n) is 4.18. The maximum atomic E-state index is 6.27. The van der Waals surface area contributed by atoms with E-state index in [-0.39, 0.29) is 11.8 Å². The van der Waals surface area contributed by atoms with E-state index >= 15 is 0 Å². The highest BCUT2D eigenvalue weighted by atomic mass is 14.3. The molecule has 92 valence electrons. The molecular weight excluding hydrogens is 223 g/mol. The molecule has 0 aliphatic carbocycles. The molecule has 1 aromatic rings. The van der Waals surface area contributed by atoms with Gasteiger partial charge >= 0.3 is 0 Å². The molecule has 0 aliphatic rings. The lowest BCUT2D eigenvalue weighted by Crippen LogP contribution is -2.38. The molecule has 0 N–H and O–H groups in total. The Morgan fingerprint density at radius 3 is 1.37 bits per heavy atom. The standard InChI is InChI=1S/C15H20B4/c1-9(2)14(16,17)12-7-6-8-13(11(12)5)15(18,19)10(3)4/h6-10H,1-5H3. The van der Waals surface area contributed by atoms with Crippen molar-refractivity contribution in [3.63, 3.8) is 0 Å². The Morgan fingerprint density at radius 1 is 0.789 bits per heavy atom. The van der Waals surface area contributed by atoms with Gasteiger partial charge in [0.1, 0.15) is 0 Å². The number of hydrogen-bond acceptors (Lipinski definition) is 0. The lowest BCUT2D eigenvalue weighted by Gasteiger charge is -2.38. The lowest BCUT2D eigenvalue weighted by atomic mass is 9.42. The van der Waals surface area contributed by atoms with Gasteiger partial charge in [0, 0.05) is 0 Å². The summed E-state index contributed by atoms with van der Waals surface area (Å²) in [5.41, 5.74) is 2.79. The van der Waals surface area contributed by atoms with Gasteiger partial charge in [-0.3, -0.25) is 0 Å². The van der Waals surface area contributed by atoms with Crippen LogP contribution in [0.25, 0.3) is 0 Å². The first-order valence-electron chi connectivity index (χ1n) is 6.79. The summed E-state index contributed by atoms with van der Waals surface area (Å²) in [6.45, 7) is 10.0. The van der Waals surface area contributed by atoms with E-state index in [9.17, 15) is 0 Å². The number of rotatable bonds is 4. The van der Waals surface area contributed by atoms with Crippen molar-refractivity contribution in [2.24, 2.45) is 11.8 Å². The van der Waals surface area contributed by atoms with Gasteiger partial charge in [0.25, 0.3) is 0 Å². The van der Waals surface area contributed by atoms with Gasteiger partial charge in [0.15, 0.2) is 0 Å². The van der Waals surface area contributed by atoms with Gasteiger partial charge in [-0.1, -0.05) is 79.3 Å². The Balaban J connectivity index is 3.43. The summed E-state index contributed by atoms with van der Waals surface area (Å²) in [6, 6.07) is 5.83. The van der Waals surface area contributed by atoms with E-state index in [1.807, 2.05) is 52.8 Å². The minimum atomic E-state index is -0.882. The number of benzene rings is 1. The summed E-state index contributed by atoms with van der Waals surface area (Å²) in [5.74, 6) is 0.232. The second-order valence-corrected chi connectivity index (χ2v) is 6.15. The van der Waals surface area contributed by atoms with E-state index in [1.165, 1.54) is 0 Å². The molecule has 0 fully saturated rings. The Morgan fingerprint density at radius 2 is 1.11 bits per heavy atom. The van der Waals surface area contributed by atoms with E-state index in [2.05, 4.69) is 0 Å². The Labute approximate surface area is 123 Å². The van der Waals surface area contributed by atoms with Gasteiger partial charge in [-0.2, -0.15) is 0 Å². The second-order valence-electron chi connectivity index (χ2n) is 6.15. The van der Waals surface area contributed by atoms with E-state index < -0.39 is 10.4 Å². The molecular formula is C15H20B4. The average Bonchev–Trinajstić information content (AvgIpc) is 2.28. The Kier molecular flexibility index (Phi) is 4.75. The highest BCUT2D eigenvalue weighted by molar-refractivity contribution is 6.41. The van der Waals surface area contributed by atoms with Gasteiger partial charge in [-0.15, -0.1) is 0 Å². The predicted octanol–water partition coefficient (Wildman–Crippen LogP) is 2.29. The monoisotopic (exact) mass is 244 g/mol. The maximum absolute atomic E-state index is 6.27. The van der Waals surface area contributed by atoms with Crippen molar-refractivity contribution >= 4 is 31.4 Å². The van der Waals surface area contributed by atoms with Crippen LogP contribution < -0.4 is 0 Å². The van der Waals surface area contributed by atoms with E-state index in [0.717, 1.165) is 16.7 Å². The summed E-state index contributed by atoms with van der Waals surface area (Å²) in [5, 5.41) is -1.76. The average molecular weight is 244 g/mol. The molecule has 0 bridgehead atoms. The summed E-state index contributed by atoms with van der Waals surface area (Å²) in [7, 11) is 25.1. The van der Waals surface area contributed by atoms with Gasteiger partial charge < -0.3 is 0 Å². The van der Waals surface area contributed by atoms with Crippen molar-refractivity contribution in [1.29, 1.82) is 0 Å². The van der Waals surface area contributed by atoms with Crippen LogP contribution in [0.1, 0.15) is 44.4 Å². The molecule has 0 unspecified atom stereocenters. The molecule has 0 aliphatic heterocycles. The van der Waals surface area contributed by atoms with E-state index in [1.54, 1.807) is 0 Å². The fraction of sp³-hybridized carbons (Fsp3) is 0.600. The topological polar surface area (TPSA) is 0 Å². The van der Waals surface area contributed by atoms with Gasteiger partial charge in [-0.05, 0) is 12.5 Å². The summed E-state index contributed by atoms with van der Waals surface area (Å²) >= 11 is 0. The lowest BCUT2D eigenvalue weighted by molar-refractivity contribution is 0.553. The third kappa shape index (κ3) is 2.98. The highest BCUT2D eigenvalue weighted by Gasteiger charge is 2.30. The van der Waals surface area contributed by atoms with Crippen LogP contribution in [0.5, 0.6) is 0 Å². The van der Waals surface area contributed by atoms with Crippen LogP contribution in [-0.4, -0.2) is 31.4 Å². The molecule has 19 heavy (non-hydrogen) atoms. The van der Waals surface area contributed by atoms with Crippen molar-refractivity contribution < 1.29 is 0 Å². The van der Waals surface area contributed by atoms with Crippen molar-refractivity contribution in [1.82, 2.24) is 0 Å². The van der Waals surface area contributed by atoms with E-state index in [0.29, 0.717) is 0 Å². The molecule has 1 aromatic carbocycles. The maximum Gasteiger partial charge on any atom is 0.0686 e. The van der Waals surface area contributed by atoms with Crippen LogP contribution in [0.3, 0.4) is 0 Å². The van der Waals surface area contributed by atoms with Crippen molar-refractivity contribution in [3.8, 4) is 0 Å². The molecule has 0 spiro atoms. The molecule has 0 saturated carbocycles. The molecule has 8 radical (unpaired) electrons. The van der Waals surface area contributed by atoms with Gasteiger partial charge in [0.2, 0.25) is 0 Å². The first-order chi connectivity index (χ1) is 8.52. The SMILES string of the molecule is [B]C([B])(c1cccc(C([B])([B])C(C)C)c1C)C(C)C. The first-order valence-corrected chi connectivity index (χ1v) is 6.79. The molecule has 0 atom stereocenters. The zero-order chi connectivity index (χ0) is 15.0. The Hall–Kier alpha value is -0.520. The van der Waals surface area contributed by atoms with Crippen LogP contribution in [-0.2, 0) is 10.4 Å². The molecule has 1 rings (SSSR count). The molecule has 0 aromatic heterocycles. The highest BCUT2D eigenvalue weighted by Crippen LogP contribution is 2.35. The smallest absolute Gasteiger partial charge is 0.0686 e. The van der Waals surface area contributed by atoms with Crippen LogP contribution in [0.2, 0.25) is 0 Å². The van der Waals surface area contributed by atoms with Crippen LogP contribution in [0, 0.1) is 18.8 Å². The summed E-state index contributed by atoms with van der Waals surface area (Å²) in [4.78, 5) is 0. The van der Waals surface area contributed by atoms with Gasteiger partial charge in [-0.25, -0.2) is 0 Å². The minimum absolute atomic E-state index is 0.116. The summed E-state index contributed by atoms with van der Waals surface area (Å²) < 4.78 is 0. The zero-order valence-electron chi connectivity index (χ0n) is 12.7. The fourth-order valence-corrected chi connectivity index (χ4v) is 2.20. The normalized spacial score (nSPS) is 13.2. The van der Waals surface area contributed by atoms with Crippen molar-refractivity contribution in [2.45, 2.75) is 45.0 Å². The molecule has 0 saturated heterocycles. The molecule has 0 heterocycles. The minimum Gasteiger partial charge on any atom is -0.0731 e. The largest absolute Gasteiger partial charge is 0.0731 e. The third-order valence-corrected chi connectivity index (χ3v) is 4.18. The fourth-order valence-electron chi connectivity index (χ4n) is 2.20. The van der Waals surface area contributed by atoms with Crippen LogP contribution in [0.4, 0.5) is 0 Å². The van der Waals surface area contributed by atoms with Crippen molar-refractivity contribution in [3.05, 3.63) is 34.9 Å². The van der Waals surface area contributed by atoms with Crippen LogP contribution >= 0.6 is 0 Å². The number of hydrogen-bond donors (Lipinski definition) is 0. The molecule has 0 amide bonds. The second kappa shape index (κ2) is 5.46. The van der Waals surface area contributed by atoms with Crippen molar-refractivity contribution in [2.75, 3.05) is 0 Å². The van der Waals surface area contributed by atoms with Gasteiger partial charge in [0.05, 0.1) is 31.4 Å². The Bertz CT molecular complexity index is 409. The molecule has 0 nitrogen and oxygen atoms in total. The van der Waals surface area contributed by atoms with E-state index in [4.69, 9.17) is 31.4 Å². The van der Waals surface area contributed by atoms with Crippen LogP contribution in [0.15, 0.2) is 18.2 Å².